The number of hydrogen-bond acceptors (Lipinski definition) is 1. The van der Waals surface area contributed by atoms with Gasteiger partial charge in [0.15, 0.2) is 0 Å². The lowest BCUT2D eigenvalue weighted by Gasteiger charge is -2.14. The fourth-order valence-corrected chi connectivity index (χ4v) is 2.73. The van der Waals surface area contributed by atoms with Gasteiger partial charge in [-0.15, -0.1) is 0 Å². The second kappa shape index (κ2) is 5.34. The van der Waals surface area contributed by atoms with Crippen molar-refractivity contribution in [1.29, 1.82) is 0 Å². The minimum atomic E-state index is 1.12. The summed E-state index contributed by atoms with van der Waals surface area (Å²) in [7, 11) is 0. The van der Waals surface area contributed by atoms with Crippen LogP contribution in [0.1, 0.15) is 36.8 Å². The van der Waals surface area contributed by atoms with E-state index >= 15 is 0 Å². The van der Waals surface area contributed by atoms with Crippen molar-refractivity contribution in [3.05, 3.63) is 53.7 Å². The first kappa shape index (κ1) is 11.5. The predicted molar refractivity (Wildman–Crippen MR) is 75.5 cm³/mol. The summed E-state index contributed by atoms with van der Waals surface area (Å²) >= 11 is 0. The Hall–Kier alpha value is -1.63. The van der Waals surface area contributed by atoms with Gasteiger partial charge in [-0.3, -0.25) is 4.98 Å². The van der Waals surface area contributed by atoms with Crippen LogP contribution in [0, 0.1) is 0 Å². The van der Waals surface area contributed by atoms with Gasteiger partial charge in [0.25, 0.3) is 0 Å². The molecule has 1 heteroatoms. The van der Waals surface area contributed by atoms with Crippen LogP contribution in [-0.4, -0.2) is 4.98 Å². The number of nitrogens with zero attached hydrogens (tertiary/aromatic N) is 1. The van der Waals surface area contributed by atoms with Crippen LogP contribution >= 0.6 is 0 Å². The second-order valence-corrected chi connectivity index (χ2v) is 5.12. The minimum Gasteiger partial charge on any atom is -0.256 e. The Bertz CT molecular complexity index is 516. The Morgan fingerprint density at radius 2 is 1.50 bits per heavy atom. The molecule has 3 rings (SSSR count). The van der Waals surface area contributed by atoms with Crippen LogP contribution in [0.4, 0.5) is 0 Å². The van der Waals surface area contributed by atoms with E-state index < -0.39 is 0 Å². The average molecular weight is 237 g/mol. The van der Waals surface area contributed by atoms with Crippen LogP contribution in [0.5, 0.6) is 0 Å². The lowest BCUT2D eigenvalue weighted by molar-refractivity contribution is 0.616. The lowest BCUT2D eigenvalue weighted by atomic mass is 9.93. The standard InChI is InChI=1S/C17H19N/c1-2-5-11-16-13-18-17(12-15(16)10-4-1)14-8-6-3-7-9-14/h3,6-9,12-13H,1-2,4-5,10-11H2. The molecule has 0 amide bonds. The van der Waals surface area contributed by atoms with Crippen molar-refractivity contribution in [1.82, 2.24) is 4.98 Å². The van der Waals surface area contributed by atoms with Crippen molar-refractivity contribution in [2.75, 3.05) is 0 Å². The van der Waals surface area contributed by atoms with E-state index in [0.717, 1.165) is 5.69 Å². The molecule has 0 spiro atoms. The van der Waals surface area contributed by atoms with Gasteiger partial charge in [-0.2, -0.15) is 0 Å². The van der Waals surface area contributed by atoms with E-state index in [0.29, 0.717) is 0 Å². The summed E-state index contributed by atoms with van der Waals surface area (Å²) in [5.41, 5.74) is 5.33. The topological polar surface area (TPSA) is 12.9 Å². The minimum absolute atomic E-state index is 1.12. The zero-order valence-electron chi connectivity index (χ0n) is 10.7. The molecule has 1 aromatic heterocycles. The normalized spacial score (nSPS) is 15.6. The van der Waals surface area contributed by atoms with Gasteiger partial charge in [0, 0.05) is 11.8 Å². The predicted octanol–water partition coefficient (Wildman–Crippen LogP) is 4.41. The van der Waals surface area contributed by atoms with Crippen LogP contribution in [0.25, 0.3) is 11.3 Å². The maximum atomic E-state index is 4.63. The molecule has 1 aliphatic carbocycles. The van der Waals surface area contributed by atoms with E-state index in [9.17, 15) is 0 Å². The molecule has 1 aromatic carbocycles. The van der Waals surface area contributed by atoms with E-state index in [2.05, 4.69) is 47.6 Å². The third-order valence-corrected chi connectivity index (χ3v) is 3.79. The quantitative estimate of drug-likeness (QED) is 0.716. The summed E-state index contributed by atoms with van der Waals surface area (Å²) in [6, 6.07) is 12.8. The van der Waals surface area contributed by atoms with Crippen LogP contribution in [0.3, 0.4) is 0 Å². The molecule has 1 aliphatic rings. The molecule has 0 fully saturated rings. The van der Waals surface area contributed by atoms with Crippen molar-refractivity contribution in [3.8, 4) is 11.3 Å². The summed E-state index contributed by atoms with van der Waals surface area (Å²) < 4.78 is 0. The fourth-order valence-electron chi connectivity index (χ4n) is 2.73. The molecule has 92 valence electrons. The highest BCUT2D eigenvalue weighted by Crippen LogP contribution is 2.24. The molecule has 0 N–H and O–H groups in total. The number of pyridine rings is 1. The maximum absolute atomic E-state index is 4.63. The monoisotopic (exact) mass is 237 g/mol. The highest BCUT2D eigenvalue weighted by atomic mass is 14.7. The van der Waals surface area contributed by atoms with Gasteiger partial charge < -0.3 is 0 Å². The lowest BCUT2D eigenvalue weighted by Crippen LogP contribution is -2.01. The Balaban J connectivity index is 1.96. The smallest absolute Gasteiger partial charge is 0.0704 e. The molecule has 1 heterocycles. The fraction of sp³-hybridized carbons (Fsp3) is 0.353. The number of benzene rings is 1. The van der Waals surface area contributed by atoms with E-state index in [1.54, 1.807) is 0 Å². The van der Waals surface area contributed by atoms with Crippen molar-refractivity contribution in [3.63, 3.8) is 0 Å². The number of aryl methyl sites for hydroxylation is 2. The summed E-state index contributed by atoms with van der Waals surface area (Å²) in [5, 5.41) is 0. The number of hydrogen-bond donors (Lipinski definition) is 0. The second-order valence-electron chi connectivity index (χ2n) is 5.12. The molecule has 0 aliphatic heterocycles. The van der Waals surface area contributed by atoms with Gasteiger partial charge in [-0.25, -0.2) is 0 Å². The zero-order valence-corrected chi connectivity index (χ0v) is 10.7. The van der Waals surface area contributed by atoms with Gasteiger partial charge in [-0.05, 0) is 42.9 Å². The largest absolute Gasteiger partial charge is 0.256 e. The molecule has 0 saturated carbocycles. The molecule has 0 unspecified atom stereocenters. The summed E-state index contributed by atoms with van der Waals surface area (Å²) in [4.78, 5) is 4.63. The van der Waals surface area contributed by atoms with E-state index in [1.807, 2.05) is 0 Å². The zero-order chi connectivity index (χ0) is 12.2. The Morgan fingerprint density at radius 3 is 2.28 bits per heavy atom. The van der Waals surface area contributed by atoms with E-state index in [-0.39, 0.29) is 0 Å². The number of fused-ring (bicyclic) bond motifs is 1. The van der Waals surface area contributed by atoms with Crippen LogP contribution in [-0.2, 0) is 12.8 Å². The Morgan fingerprint density at radius 1 is 0.778 bits per heavy atom. The Kier molecular flexibility index (Phi) is 3.40. The maximum Gasteiger partial charge on any atom is 0.0704 e. The van der Waals surface area contributed by atoms with Crippen LogP contribution in [0.15, 0.2) is 42.6 Å². The summed E-state index contributed by atoms with van der Waals surface area (Å²) in [5.74, 6) is 0. The van der Waals surface area contributed by atoms with Gasteiger partial charge in [0.2, 0.25) is 0 Å². The van der Waals surface area contributed by atoms with Crippen molar-refractivity contribution in [2.45, 2.75) is 38.5 Å². The Labute approximate surface area is 109 Å². The molecule has 2 aromatic rings. The molecule has 0 bridgehead atoms. The van der Waals surface area contributed by atoms with Gasteiger partial charge in [0.1, 0.15) is 0 Å². The highest BCUT2D eigenvalue weighted by Gasteiger charge is 2.09. The molecular formula is C17H19N. The van der Waals surface area contributed by atoms with Crippen molar-refractivity contribution in [2.24, 2.45) is 0 Å². The number of aromatic nitrogens is 1. The SMILES string of the molecule is c1ccc(-c2cc3c(cn2)CCCCCC3)cc1. The molecule has 0 atom stereocenters. The molecular weight excluding hydrogens is 218 g/mol. The molecule has 0 radical (unpaired) electrons. The summed E-state index contributed by atoms with van der Waals surface area (Å²) in [6.45, 7) is 0. The third kappa shape index (κ3) is 2.45. The first-order valence-electron chi connectivity index (χ1n) is 6.97. The average Bonchev–Trinajstić information content (AvgIpc) is 2.40. The molecule has 0 saturated heterocycles. The summed E-state index contributed by atoms with van der Waals surface area (Å²) in [6.07, 6.45) is 9.92. The molecule has 1 nitrogen and oxygen atoms in total. The highest BCUT2D eigenvalue weighted by molar-refractivity contribution is 5.60. The number of rotatable bonds is 1. The first-order valence-corrected chi connectivity index (χ1v) is 6.97. The van der Waals surface area contributed by atoms with Gasteiger partial charge in [0.05, 0.1) is 5.69 Å². The van der Waals surface area contributed by atoms with Crippen molar-refractivity contribution < 1.29 is 0 Å². The molecule has 18 heavy (non-hydrogen) atoms. The van der Waals surface area contributed by atoms with E-state index in [1.165, 1.54) is 55.2 Å². The van der Waals surface area contributed by atoms with Gasteiger partial charge in [-0.1, -0.05) is 43.2 Å². The van der Waals surface area contributed by atoms with Crippen molar-refractivity contribution >= 4 is 0 Å². The first-order chi connectivity index (χ1) is 8.93. The van der Waals surface area contributed by atoms with Crippen LogP contribution in [0.2, 0.25) is 0 Å². The van der Waals surface area contributed by atoms with E-state index in [4.69, 9.17) is 0 Å². The van der Waals surface area contributed by atoms with Gasteiger partial charge >= 0.3 is 0 Å². The third-order valence-electron chi connectivity index (χ3n) is 3.79. The van der Waals surface area contributed by atoms with Crippen LogP contribution < -0.4 is 0 Å².